The van der Waals surface area contributed by atoms with E-state index in [0.717, 1.165) is 42.6 Å². The zero-order valence-electron chi connectivity index (χ0n) is 14.1. The average Bonchev–Trinajstić information content (AvgIpc) is 3.23. The standard InChI is InChI=1S/C21H21N3O/c25-21(23-14-10-20(11-15-23)24-13-5-12-22-24)19-9-4-8-18(16-19)17-6-2-1-3-7-17/h1-9,12-13,16,20H,10-11,14-15H2. The topological polar surface area (TPSA) is 38.1 Å². The SMILES string of the molecule is O=C(c1cccc(-c2ccccc2)c1)N1CCC(n2cccn2)CC1. The maximum Gasteiger partial charge on any atom is 0.253 e. The Hall–Kier alpha value is -2.88. The van der Waals surface area contributed by atoms with Gasteiger partial charge in [0.2, 0.25) is 0 Å². The Kier molecular flexibility index (Phi) is 4.34. The molecule has 126 valence electrons. The molecule has 1 aromatic heterocycles. The number of rotatable bonds is 3. The van der Waals surface area contributed by atoms with Gasteiger partial charge in [-0.2, -0.15) is 5.10 Å². The van der Waals surface area contributed by atoms with Crippen molar-refractivity contribution in [3.05, 3.63) is 78.6 Å². The molecule has 0 radical (unpaired) electrons. The van der Waals surface area contributed by atoms with Crippen molar-refractivity contribution < 1.29 is 4.79 Å². The summed E-state index contributed by atoms with van der Waals surface area (Å²) in [5, 5.41) is 4.33. The Labute approximate surface area is 147 Å². The van der Waals surface area contributed by atoms with E-state index in [9.17, 15) is 4.79 Å². The van der Waals surface area contributed by atoms with E-state index in [1.165, 1.54) is 0 Å². The molecule has 25 heavy (non-hydrogen) atoms. The van der Waals surface area contributed by atoms with Gasteiger partial charge < -0.3 is 4.90 Å². The van der Waals surface area contributed by atoms with E-state index in [0.29, 0.717) is 6.04 Å². The van der Waals surface area contributed by atoms with E-state index in [1.807, 2.05) is 64.4 Å². The highest BCUT2D eigenvalue weighted by molar-refractivity contribution is 5.95. The monoisotopic (exact) mass is 331 g/mol. The molecule has 0 unspecified atom stereocenters. The summed E-state index contributed by atoms with van der Waals surface area (Å²) in [4.78, 5) is 14.8. The molecule has 4 heteroatoms. The number of likely N-dealkylation sites (tertiary alicyclic amines) is 1. The third-order valence-corrected chi connectivity index (χ3v) is 4.87. The number of hydrogen-bond acceptors (Lipinski definition) is 2. The molecule has 3 aromatic rings. The minimum absolute atomic E-state index is 0.122. The van der Waals surface area contributed by atoms with Crippen LogP contribution < -0.4 is 0 Å². The van der Waals surface area contributed by atoms with Crippen LogP contribution in [0.25, 0.3) is 11.1 Å². The third-order valence-electron chi connectivity index (χ3n) is 4.87. The van der Waals surface area contributed by atoms with Crippen molar-refractivity contribution in [2.45, 2.75) is 18.9 Å². The first-order valence-electron chi connectivity index (χ1n) is 8.75. The number of aromatic nitrogens is 2. The van der Waals surface area contributed by atoms with Gasteiger partial charge in [0.15, 0.2) is 0 Å². The van der Waals surface area contributed by atoms with Crippen LogP contribution >= 0.6 is 0 Å². The van der Waals surface area contributed by atoms with Crippen LogP contribution in [0, 0.1) is 0 Å². The van der Waals surface area contributed by atoms with Crippen LogP contribution in [0.5, 0.6) is 0 Å². The summed E-state index contributed by atoms with van der Waals surface area (Å²) < 4.78 is 2.01. The molecule has 0 spiro atoms. The van der Waals surface area contributed by atoms with Crippen molar-refractivity contribution in [3.63, 3.8) is 0 Å². The first-order valence-corrected chi connectivity index (χ1v) is 8.75. The molecule has 1 saturated heterocycles. The van der Waals surface area contributed by atoms with E-state index >= 15 is 0 Å². The second kappa shape index (κ2) is 6.93. The largest absolute Gasteiger partial charge is 0.338 e. The van der Waals surface area contributed by atoms with Gasteiger partial charge in [-0.05, 0) is 42.2 Å². The molecule has 0 aliphatic carbocycles. The maximum atomic E-state index is 12.9. The Balaban J connectivity index is 1.47. The van der Waals surface area contributed by atoms with Gasteiger partial charge in [-0.3, -0.25) is 9.48 Å². The summed E-state index contributed by atoms with van der Waals surface area (Å²) in [7, 11) is 0. The Morgan fingerprint density at radius 2 is 1.68 bits per heavy atom. The predicted molar refractivity (Wildman–Crippen MR) is 98.3 cm³/mol. The minimum atomic E-state index is 0.122. The Morgan fingerprint density at radius 1 is 0.920 bits per heavy atom. The van der Waals surface area contributed by atoms with Crippen molar-refractivity contribution >= 4 is 5.91 Å². The fraction of sp³-hybridized carbons (Fsp3) is 0.238. The first-order chi connectivity index (χ1) is 12.3. The van der Waals surface area contributed by atoms with Crippen molar-refractivity contribution in [2.24, 2.45) is 0 Å². The van der Waals surface area contributed by atoms with Gasteiger partial charge >= 0.3 is 0 Å². The van der Waals surface area contributed by atoms with Gasteiger partial charge in [0, 0.05) is 31.0 Å². The second-order valence-electron chi connectivity index (χ2n) is 6.46. The summed E-state index contributed by atoms with van der Waals surface area (Å²) >= 11 is 0. The number of nitrogens with zero attached hydrogens (tertiary/aromatic N) is 3. The maximum absolute atomic E-state index is 12.9. The summed E-state index contributed by atoms with van der Waals surface area (Å²) in [6.07, 6.45) is 5.72. The molecule has 2 heterocycles. The molecular formula is C21H21N3O. The zero-order chi connectivity index (χ0) is 17.1. The summed E-state index contributed by atoms with van der Waals surface area (Å²) in [5.74, 6) is 0.122. The minimum Gasteiger partial charge on any atom is -0.338 e. The third kappa shape index (κ3) is 3.33. The van der Waals surface area contributed by atoms with Crippen LogP contribution in [0.2, 0.25) is 0 Å². The summed E-state index contributed by atoms with van der Waals surface area (Å²) in [6.45, 7) is 1.55. The van der Waals surface area contributed by atoms with Gasteiger partial charge in [-0.15, -0.1) is 0 Å². The van der Waals surface area contributed by atoms with E-state index in [-0.39, 0.29) is 5.91 Å². The highest BCUT2D eigenvalue weighted by Gasteiger charge is 2.24. The lowest BCUT2D eigenvalue weighted by Gasteiger charge is -2.32. The lowest BCUT2D eigenvalue weighted by Crippen LogP contribution is -2.39. The molecule has 0 bridgehead atoms. The second-order valence-corrected chi connectivity index (χ2v) is 6.46. The fourth-order valence-electron chi connectivity index (χ4n) is 3.48. The zero-order valence-corrected chi connectivity index (χ0v) is 14.1. The van der Waals surface area contributed by atoms with Crippen LogP contribution in [-0.2, 0) is 0 Å². The molecule has 0 atom stereocenters. The van der Waals surface area contributed by atoms with Crippen molar-refractivity contribution in [1.29, 1.82) is 0 Å². The van der Waals surface area contributed by atoms with Gasteiger partial charge in [0.05, 0.1) is 6.04 Å². The number of piperidine rings is 1. The quantitative estimate of drug-likeness (QED) is 0.727. The molecule has 1 amide bonds. The molecule has 1 aliphatic rings. The van der Waals surface area contributed by atoms with Gasteiger partial charge in [0.25, 0.3) is 5.91 Å². The number of hydrogen-bond donors (Lipinski definition) is 0. The Morgan fingerprint density at radius 3 is 2.40 bits per heavy atom. The number of carbonyl (C=O) groups is 1. The Bertz CT molecular complexity index is 835. The van der Waals surface area contributed by atoms with Crippen molar-refractivity contribution in [3.8, 4) is 11.1 Å². The normalized spacial score (nSPS) is 15.3. The van der Waals surface area contributed by atoms with E-state index < -0.39 is 0 Å². The van der Waals surface area contributed by atoms with Gasteiger partial charge in [-0.25, -0.2) is 0 Å². The molecule has 4 nitrogen and oxygen atoms in total. The lowest BCUT2D eigenvalue weighted by atomic mass is 10.0. The van der Waals surface area contributed by atoms with Crippen molar-refractivity contribution in [1.82, 2.24) is 14.7 Å². The lowest BCUT2D eigenvalue weighted by molar-refractivity contribution is 0.0690. The number of carbonyl (C=O) groups excluding carboxylic acids is 1. The molecule has 1 fully saturated rings. The van der Waals surface area contributed by atoms with Gasteiger partial charge in [0.1, 0.15) is 0 Å². The van der Waals surface area contributed by atoms with Crippen LogP contribution in [0.1, 0.15) is 29.2 Å². The van der Waals surface area contributed by atoms with Crippen molar-refractivity contribution in [2.75, 3.05) is 13.1 Å². The molecule has 2 aromatic carbocycles. The summed E-state index contributed by atoms with van der Waals surface area (Å²) in [5.41, 5.74) is 2.98. The molecule has 4 rings (SSSR count). The van der Waals surface area contributed by atoms with E-state index in [4.69, 9.17) is 0 Å². The highest BCUT2D eigenvalue weighted by atomic mass is 16.2. The summed E-state index contributed by atoms with van der Waals surface area (Å²) in [6, 6.07) is 20.4. The molecule has 1 aliphatic heterocycles. The van der Waals surface area contributed by atoms with Crippen LogP contribution in [0.3, 0.4) is 0 Å². The number of amides is 1. The van der Waals surface area contributed by atoms with Crippen LogP contribution in [0.15, 0.2) is 73.1 Å². The van der Waals surface area contributed by atoms with Crippen LogP contribution in [0.4, 0.5) is 0 Å². The van der Waals surface area contributed by atoms with Gasteiger partial charge in [-0.1, -0.05) is 42.5 Å². The van der Waals surface area contributed by atoms with E-state index in [1.54, 1.807) is 0 Å². The highest BCUT2D eigenvalue weighted by Crippen LogP contribution is 2.24. The molecule has 0 N–H and O–H groups in total. The molecular weight excluding hydrogens is 310 g/mol. The number of benzene rings is 2. The van der Waals surface area contributed by atoms with E-state index in [2.05, 4.69) is 23.3 Å². The first kappa shape index (κ1) is 15.6. The molecule has 0 saturated carbocycles. The fourth-order valence-corrected chi connectivity index (χ4v) is 3.48. The van der Waals surface area contributed by atoms with Crippen LogP contribution in [-0.4, -0.2) is 33.7 Å². The smallest absolute Gasteiger partial charge is 0.253 e. The predicted octanol–water partition coefficient (Wildman–Crippen LogP) is 4.03. The average molecular weight is 331 g/mol.